The number of benzene rings is 3. The van der Waals surface area contributed by atoms with Gasteiger partial charge in [-0.05, 0) is 49.7 Å². The molecule has 162 valence electrons. The number of fused-ring (bicyclic) bond motifs is 1. The fourth-order valence-electron chi connectivity index (χ4n) is 4.13. The van der Waals surface area contributed by atoms with Gasteiger partial charge < -0.3 is 9.47 Å². The lowest BCUT2D eigenvalue weighted by molar-refractivity contribution is 0.0955. The lowest BCUT2D eigenvalue weighted by Crippen LogP contribution is -2.22. The number of rotatable bonds is 7. The minimum absolute atomic E-state index is 0.228. The van der Waals surface area contributed by atoms with Gasteiger partial charge in [-0.3, -0.25) is 4.79 Å². The average molecular weight is 425 g/mol. The van der Waals surface area contributed by atoms with E-state index in [1.165, 1.54) is 0 Å². The summed E-state index contributed by atoms with van der Waals surface area (Å²) < 4.78 is 2.17. The van der Waals surface area contributed by atoms with Crippen molar-refractivity contribution in [1.29, 1.82) is 0 Å². The smallest absolute Gasteiger partial charge is 0.271 e. The molecule has 0 radical (unpaired) electrons. The van der Waals surface area contributed by atoms with Crippen molar-refractivity contribution in [3.63, 3.8) is 0 Å². The molecule has 1 N–H and O–H groups in total. The zero-order valence-electron chi connectivity index (χ0n) is 18.7. The summed E-state index contributed by atoms with van der Waals surface area (Å²) in [5.74, 6) is -0.228. The summed E-state index contributed by atoms with van der Waals surface area (Å²) in [5.41, 5.74) is 8.64. The van der Waals surface area contributed by atoms with E-state index in [1.54, 1.807) is 6.21 Å². The molecule has 5 nitrogen and oxygen atoms in total. The Morgan fingerprint density at radius 1 is 0.938 bits per heavy atom. The highest BCUT2D eigenvalue weighted by Crippen LogP contribution is 2.31. The Balaban J connectivity index is 1.60. The van der Waals surface area contributed by atoms with E-state index in [9.17, 15) is 4.79 Å². The van der Waals surface area contributed by atoms with Crippen LogP contribution in [0.3, 0.4) is 0 Å². The molecule has 5 heteroatoms. The second kappa shape index (κ2) is 9.52. The number of nitrogens with zero attached hydrogens (tertiary/aromatic N) is 3. The van der Waals surface area contributed by atoms with Crippen LogP contribution < -0.4 is 10.3 Å². The van der Waals surface area contributed by atoms with Crippen molar-refractivity contribution < 1.29 is 4.79 Å². The molecule has 0 unspecified atom stereocenters. The van der Waals surface area contributed by atoms with Crippen LogP contribution in [0.1, 0.15) is 29.8 Å². The van der Waals surface area contributed by atoms with Gasteiger partial charge in [0, 0.05) is 47.9 Å². The Morgan fingerprint density at radius 2 is 1.59 bits per heavy atom. The van der Waals surface area contributed by atoms with Crippen molar-refractivity contribution in [2.75, 3.05) is 18.0 Å². The number of aryl methyl sites for hydroxylation is 1. The number of nitrogens with one attached hydrogen (secondary N) is 1. The summed E-state index contributed by atoms with van der Waals surface area (Å²) in [6, 6.07) is 26.1. The molecule has 0 aliphatic heterocycles. The second-order valence-corrected chi connectivity index (χ2v) is 7.62. The first-order valence-electron chi connectivity index (χ1n) is 10.9. The van der Waals surface area contributed by atoms with Gasteiger partial charge in [0.05, 0.1) is 11.9 Å². The standard InChI is InChI=1S/C27H28N4O/c1-4-31(5-2)22-17-15-21(16-18-22)27(32)29-28-19-24-23-13-9-10-14-25(23)30(3)26(24)20-11-7-6-8-12-20/h6-19H,4-5H2,1-3H3,(H,29,32)/b28-19+. The van der Waals surface area contributed by atoms with Gasteiger partial charge in [0.2, 0.25) is 0 Å². The molecule has 0 aliphatic rings. The Hall–Kier alpha value is -3.86. The molecule has 4 rings (SSSR count). The highest BCUT2D eigenvalue weighted by atomic mass is 16.2. The number of carbonyl (C=O) groups excluding carboxylic acids is 1. The lowest BCUT2D eigenvalue weighted by atomic mass is 10.1. The van der Waals surface area contributed by atoms with E-state index in [-0.39, 0.29) is 5.91 Å². The maximum absolute atomic E-state index is 12.6. The third-order valence-electron chi connectivity index (χ3n) is 5.81. The van der Waals surface area contributed by atoms with Crippen LogP contribution in [-0.4, -0.2) is 29.8 Å². The van der Waals surface area contributed by atoms with Crippen molar-refractivity contribution >= 4 is 28.7 Å². The van der Waals surface area contributed by atoms with E-state index in [0.717, 1.165) is 46.5 Å². The maximum Gasteiger partial charge on any atom is 0.271 e. The first-order valence-corrected chi connectivity index (χ1v) is 10.9. The summed E-state index contributed by atoms with van der Waals surface area (Å²) in [6.07, 6.45) is 1.74. The Morgan fingerprint density at radius 3 is 2.28 bits per heavy atom. The number of amides is 1. The summed E-state index contributed by atoms with van der Waals surface area (Å²) in [6.45, 7) is 6.11. The van der Waals surface area contributed by atoms with Gasteiger partial charge in [0.1, 0.15) is 0 Å². The van der Waals surface area contributed by atoms with Crippen LogP contribution >= 0.6 is 0 Å². The summed E-state index contributed by atoms with van der Waals surface area (Å²) >= 11 is 0. The molecule has 1 aromatic heterocycles. The predicted octanol–water partition coefficient (Wildman–Crippen LogP) is 5.46. The molecule has 0 atom stereocenters. The van der Waals surface area contributed by atoms with Crippen molar-refractivity contribution in [3.05, 3.63) is 90.0 Å². The number of carbonyl (C=O) groups is 1. The molecule has 32 heavy (non-hydrogen) atoms. The molecule has 3 aromatic carbocycles. The lowest BCUT2D eigenvalue weighted by Gasteiger charge is -2.20. The zero-order chi connectivity index (χ0) is 22.5. The number of aromatic nitrogens is 1. The molecular weight excluding hydrogens is 396 g/mol. The average Bonchev–Trinajstić information content (AvgIpc) is 3.12. The Kier molecular flexibility index (Phi) is 6.36. The summed E-state index contributed by atoms with van der Waals surface area (Å²) in [5, 5.41) is 5.40. The van der Waals surface area contributed by atoms with Gasteiger partial charge in [-0.2, -0.15) is 5.10 Å². The SMILES string of the molecule is CCN(CC)c1ccc(C(=O)N/N=C/c2c(-c3ccccc3)n(C)c3ccccc23)cc1. The van der Waals surface area contributed by atoms with Gasteiger partial charge in [0.25, 0.3) is 5.91 Å². The van der Waals surface area contributed by atoms with Gasteiger partial charge in [0.15, 0.2) is 0 Å². The Bertz CT molecular complexity index is 1240. The Labute approximate surface area is 189 Å². The fraction of sp³-hybridized carbons (Fsp3) is 0.185. The van der Waals surface area contributed by atoms with Gasteiger partial charge >= 0.3 is 0 Å². The maximum atomic E-state index is 12.6. The molecule has 1 heterocycles. The number of para-hydroxylation sites is 1. The summed E-state index contributed by atoms with van der Waals surface area (Å²) in [7, 11) is 2.05. The van der Waals surface area contributed by atoms with Crippen molar-refractivity contribution in [2.24, 2.45) is 12.1 Å². The molecule has 1 amide bonds. The van der Waals surface area contributed by atoms with Crippen molar-refractivity contribution in [2.45, 2.75) is 13.8 Å². The topological polar surface area (TPSA) is 49.6 Å². The molecule has 4 aromatic rings. The quantitative estimate of drug-likeness (QED) is 0.317. The van der Waals surface area contributed by atoms with E-state index in [2.05, 4.69) is 65.2 Å². The van der Waals surface area contributed by atoms with Crippen LogP contribution in [0.5, 0.6) is 0 Å². The molecule has 0 aliphatic carbocycles. The molecular formula is C27H28N4O. The predicted molar refractivity (Wildman–Crippen MR) is 133 cm³/mol. The van der Waals surface area contributed by atoms with E-state index in [0.29, 0.717) is 5.56 Å². The second-order valence-electron chi connectivity index (χ2n) is 7.62. The minimum Gasteiger partial charge on any atom is -0.372 e. The normalized spacial score (nSPS) is 11.2. The van der Waals surface area contributed by atoms with Crippen LogP contribution in [0.25, 0.3) is 22.2 Å². The number of hydrazone groups is 1. The molecule has 0 spiro atoms. The third-order valence-corrected chi connectivity index (χ3v) is 5.81. The van der Waals surface area contributed by atoms with Gasteiger partial charge in [-0.1, -0.05) is 48.5 Å². The van der Waals surface area contributed by atoms with Crippen LogP contribution in [0, 0.1) is 0 Å². The van der Waals surface area contributed by atoms with E-state index >= 15 is 0 Å². The number of hydrogen-bond donors (Lipinski definition) is 1. The minimum atomic E-state index is -0.228. The first-order chi connectivity index (χ1) is 15.6. The van der Waals surface area contributed by atoms with E-state index in [1.807, 2.05) is 54.6 Å². The molecule has 0 saturated carbocycles. The van der Waals surface area contributed by atoms with Crippen molar-refractivity contribution in [3.8, 4) is 11.3 Å². The molecule has 0 saturated heterocycles. The monoisotopic (exact) mass is 424 g/mol. The zero-order valence-corrected chi connectivity index (χ0v) is 18.7. The third kappa shape index (κ3) is 4.14. The molecule has 0 bridgehead atoms. The molecule has 0 fully saturated rings. The highest BCUT2D eigenvalue weighted by Gasteiger charge is 2.15. The van der Waals surface area contributed by atoms with Crippen molar-refractivity contribution in [1.82, 2.24) is 9.99 Å². The van der Waals surface area contributed by atoms with E-state index < -0.39 is 0 Å². The largest absolute Gasteiger partial charge is 0.372 e. The number of anilines is 1. The highest BCUT2D eigenvalue weighted by molar-refractivity contribution is 6.07. The first kappa shape index (κ1) is 21.4. The summed E-state index contributed by atoms with van der Waals surface area (Å²) in [4.78, 5) is 14.9. The van der Waals surface area contributed by atoms with Crippen LogP contribution in [0.2, 0.25) is 0 Å². The number of hydrogen-bond acceptors (Lipinski definition) is 3. The van der Waals surface area contributed by atoms with E-state index in [4.69, 9.17) is 0 Å². The van der Waals surface area contributed by atoms with Crippen LogP contribution in [0.15, 0.2) is 84.0 Å². The van der Waals surface area contributed by atoms with Crippen LogP contribution in [0.4, 0.5) is 5.69 Å². The van der Waals surface area contributed by atoms with Crippen LogP contribution in [-0.2, 0) is 7.05 Å². The van der Waals surface area contributed by atoms with Gasteiger partial charge in [-0.25, -0.2) is 5.43 Å². The van der Waals surface area contributed by atoms with Gasteiger partial charge in [-0.15, -0.1) is 0 Å². The fourth-order valence-corrected chi connectivity index (χ4v) is 4.13.